The molecule has 1 aromatic rings. The normalized spacial score (nSPS) is 11.2. The minimum Gasteiger partial charge on any atom is -0.480 e. The molecule has 1 rings (SSSR count). The Balaban J connectivity index is 2.86. The average molecular weight is 275 g/mol. The summed E-state index contributed by atoms with van der Waals surface area (Å²) < 4.78 is 0. The second-order valence-corrected chi connectivity index (χ2v) is 4.14. The van der Waals surface area contributed by atoms with Crippen molar-refractivity contribution < 1.29 is 14.7 Å². The summed E-state index contributed by atoms with van der Waals surface area (Å²) in [6.07, 6.45) is 0.466. The Morgan fingerprint density at radius 1 is 1.40 bits per heavy atom. The second kappa shape index (κ2) is 7.79. The van der Waals surface area contributed by atoms with Crippen LogP contribution in [0.1, 0.15) is 19.8 Å². The topological polar surface area (TPSA) is 93.4 Å². The Labute approximate surface area is 117 Å². The molecule has 1 unspecified atom stereocenters. The molecule has 1 atom stereocenters. The van der Waals surface area contributed by atoms with E-state index in [0.717, 1.165) is 0 Å². The molecule has 0 bridgehead atoms. The number of carbonyl (C=O) groups is 2. The molecule has 0 heterocycles. The van der Waals surface area contributed by atoms with Gasteiger partial charge in [-0.3, -0.25) is 4.90 Å². The smallest absolute Gasteiger partial charge is 0.326 e. The predicted molar refractivity (Wildman–Crippen MR) is 74.3 cm³/mol. The first kappa shape index (κ1) is 15.5. The molecule has 0 spiro atoms. The molecule has 0 aliphatic heterocycles. The monoisotopic (exact) mass is 275 g/mol. The molecule has 6 heteroatoms. The van der Waals surface area contributed by atoms with Gasteiger partial charge in [-0.1, -0.05) is 25.1 Å². The van der Waals surface area contributed by atoms with Gasteiger partial charge >= 0.3 is 12.0 Å². The number of nitrogens with one attached hydrogen (secondary N) is 1. The summed E-state index contributed by atoms with van der Waals surface area (Å²) in [5.41, 5.74) is 0.625. The average Bonchev–Trinajstić information content (AvgIpc) is 2.46. The van der Waals surface area contributed by atoms with Crippen molar-refractivity contribution in [3.63, 3.8) is 0 Å². The fourth-order valence-electron chi connectivity index (χ4n) is 1.68. The maximum absolute atomic E-state index is 12.2. The first-order chi connectivity index (χ1) is 9.60. The number of para-hydroxylation sites is 1. The second-order valence-electron chi connectivity index (χ2n) is 4.14. The maximum Gasteiger partial charge on any atom is 0.326 e. The van der Waals surface area contributed by atoms with E-state index in [-0.39, 0.29) is 13.0 Å². The molecule has 0 aliphatic rings. The highest BCUT2D eigenvalue weighted by Crippen LogP contribution is 2.14. The Bertz CT molecular complexity index is 496. The standard InChI is InChI=1S/C14H17N3O3/c1-2-12(13(18)19)16-14(20)17(10-6-9-15)11-7-4-3-5-8-11/h3-5,7-8,12H,2,6,10H2,1H3,(H,16,20)(H,18,19). The van der Waals surface area contributed by atoms with Crippen LogP contribution in [0.5, 0.6) is 0 Å². The van der Waals surface area contributed by atoms with E-state index in [1.54, 1.807) is 31.2 Å². The molecule has 1 aromatic carbocycles. The first-order valence-electron chi connectivity index (χ1n) is 6.33. The zero-order valence-electron chi connectivity index (χ0n) is 11.2. The number of amides is 2. The van der Waals surface area contributed by atoms with Gasteiger partial charge < -0.3 is 10.4 Å². The number of carboxylic acids is 1. The van der Waals surface area contributed by atoms with Crippen LogP contribution in [0.25, 0.3) is 0 Å². The SMILES string of the molecule is CCC(NC(=O)N(CCC#N)c1ccccc1)C(=O)O. The van der Waals surface area contributed by atoms with E-state index in [9.17, 15) is 9.59 Å². The number of carbonyl (C=O) groups excluding carboxylic acids is 1. The Kier molecular flexibility index (Phi) is 6.04. The predicted octanol–water partition coefficient (Wildman–Crippen LogP) is 1.98. The fraction of sp³-hybridized carbons (Fsp3) is 0.357. The molecule has 0 radical (unpaired) electrons. The van der Waals surface area contributed by atoms with Crippen molar-refractivity contribution in [2.24, 2.45) is 0 Å². The van der Waals surface area contributed by atoms with E-state index < -0.39 is 18.0 Å². The Hall–Kier alpha value is -2.55. The van der Waals surface area contributed by atoms with Gasteiger partial charge in [0.05, 0.1) is 12.5 Å². The zero-order chi connectivity index (χ0) is 15.0. The van der Waals surface area contributed by atoms with Gasteiger partial charge in [-0.05, 0) is 18.6 Å². The van der Waals surface area contributed by atoms with Crippen molar-refractivity contribution >= 4 is 17.7 Å². The Morgan fingerprint density at radius 3 is 2.55 bits per heavy atom. The van der Waals surface area contributed by atoms with Crippen molar-refractivity contribution in [3.8, 4) is 6.07 Å². The van der Waals surface area contributed by atoms with Crippen LogP contribution in [0.2, 0.25) is 0 Å². The summed E-state index contributed by atoms with van der Waals surface area (Å²) in [7, 11) is 0. The van der Waals surface area contributed by atoms with Crippen molar-refractivity contribution in [2.75, 3.05) is 11.4 Å². The number of nitrogens with zero attached hydrogens (tertiary/aromatic N) is 2. The van der Waals surface area contributed by atoms with Crippen LogP contribution >= 0.6 is 0 Å². The molecule has 0 aromatic heterocycles. The van der Waals surface area contributed by atoms with Gasteiger partial charge in [0.1, 0.15) is 6.04 Å². The molecule has 6 nitrogen and oxygen atoms in total. The summed E-state index contributed by atoms with van der Waals surface area (Å²) >= 11 is 0. The number of urea groups is 1. The maximum atomic E-state index is 12.2. The molecule has 0 aliphatic carbocycles. The number of carboxylic acid groups (broad SMARTS) is 1. The minimum absolute atomic E-state index is 0.173. The summed E-state index contributed by atoms with van der Waals surface area (Å²) in [6.45, 7) is 1.89. The van der Waals surface area contributed by atoms with Crippen LogP contribution < -0.4 is 10.2 Å². The minimum atomic E-state index is -1.07. The lowest BCUT2D eigenvalue weighted by Gasteiger charge is -2.24. The quantitative estimate of drug-likeness (QED) is 0.830. The van der Waals surface area contributed by atoms with Gasteiger partial charge in [-0.15, -0.1) is 0 Å². The van der Waals surface area contributed by atoms with E-state index in [1.165, 1.54) is 4.90 Å². The highest BCUT2D eigenvalue weighted by atomic mass is 16.4. The molecule has 20 heavy (non-hydrogen) atoms. The highest BCUT2D eigenvalue weighted by molar-refractivity contribution is 5.94. The summed E-state index contributed by atoms with van der Waals surface area (Å²) in [5, 5.41) is 20.1. The molecular weight excluding hydrogens is 258 g/mol. The zero-order valence-corrected chi connectivity index (χ0v) is 11.2. The molecule has 2 amide bonds. The van der Waals surface area contributed by atoms with Gasteiger partial charge in [0.15, 0.2) is 0 Å². The third-order valence-corrected chi connectivity index (χ3v) is 2.76. The van der Waals surface area contributed by atoms with E-state index in [4.69, 9.17) is 10.4 Å². The lowest BCUT2D eigenvalue weighted by atomic mass is 10.2. The molecular formula is C14H17N3O3. The van der Waals surface area contributed by atoms with Crippen LogP contribution in [-0.2, 0) is 4.79 Å². The Morgan fingerprint density at radius 2 is 2.05 bits per heavy atom. The molecule has 2 N–H and O–H groups in total. The lowest BCUT2D eigenvalue weighted by molar-refractivity contribution is -0.139. The number of benzene rings is 1. The van der Waals surface area contributed by atoms with Gasteiger partial charge in [0, 0.05) is 12.2 Å². The van der Waals surface area contributed by atoms with Crippen molar-refractivity contribution in [3.05, 3.63) is 30.3 Å². The van der Waals surface area contributed by atoms with E-state index >= 15 is 0 Å². The van der Waals surface area contributed by atoms with Crippen LogP contribution in [0.4, 0.5) is 10.5 Å². The summed E-state index contributed by atoms with van der Waals surface area (Å²) in [4.78, 5) is 24.5. The highest BCUT2D eigenvalue weighted by Gasteiger charge is 2.22. The van der Waals surface area contributed by atoms with Crippen LogP contribution in [0.3, 0.4) is 0 Å². The van der Waals surface area contributed by atoms with Gasteiger partial charge in [-0.2, -0.15) is 5.26 Å². The number of hydrogen-bond donors (Lipinski definition) is 2. The van der Waals surface area contributed by atoms with Crippen molar-refractivity contribution in [1.29, 1.82) is 5.26 Å². The summed E-state index contributed by atoms with van der Waals surface area (Å²) in [6, 6.07) is 9.36. The molecule has 0 saturated carbocycles. The lowest BCUT2D eigenvalue weighted by Crippen LogP contribution is -2.48. The molecule has 0 saturated heterocycles. The van der Waals surface area contributed by atoms with E-state index in [0.29, 0.717) is 12.1 Å². The van der Waals surface area contributed by atoms with Gasteiger partial charge in [0.25, 0.3) is 0 Å². The fourth-order valence-corrected chi connectivity index (χ4v) is 1.68. The van der Waals surface area contributed by atoms with Crippen LogP contribution in [0.15, 0.2) is 30.3 Å². The van der Waals surface area contributed by atoms with Gasteiger partial charge in [0.2, 0.25) is 0 Å². The number of nitriles is 1. The van der Waals surface area contributed by atoms with Crippen LogP contribution in [-0.4, -0.2) is 29.7 Å². The van der Waals surface area contributed by atoms with Crippen molar-refractivity contribution in [1.82, 2.24) is 5.32 Å². The first-order valence-corrected chi connectivity index (χ1v) is 6.33. The number of anilines is 1. The third kappa shape index (κ3) is 4.28. The molecule has 106 valence electrons. The molecule has 0 fully saturated rings. The summed E-state index contributed by atoms with van der Waals surface area (Å²) in [5.74, 6) is -1.07. The number of hydrogen-bond acceptors (Lipinski definition) is 3. The van der Waals surface area contributed by atoms with Crippen molar-refractivity contribution in [2.45, 2.75) is 25.8 Å². The van der Waals surface area contributed by atoms with E-state index in [2.05, 4.69) is 5.32 Å². The van der Waals surface area contributed by atoms with Gasteiger partial charge in [-0.25, -0.2) is 9.59 Å². The largest absolute Gasteiger partial charge is 0.480 e. The number of aliphatic carboxylic acids is 1. The van der Waals surface area contributed by atoms with Crippen LogP contribution in [0, 0.1) is 11.3 Å². The third-order valence-electron chi connectivity index (χ3n) is 2.76. The number of rotatable bonds is 6. The van der Waals surface area contributed by atoms with E-state index in [1.807, 2.05) is 12.1 Å².